The molecule has 0 heterocycles. The lowest BCUT2D eigenvalue weighted by atomic mass is 9.91. The molecule has 36 heavy (non-hydrogen) atoms. The maximum Gasteiger partial charge on any atom is 0.404 e. The average molecular weight is 549 g/mol. The molecule has 0 saturated heterocycles. The van der Waals surface area contributed by atoms with Crippen molar-refractivity contribution in [3.05, 3.63) is 52.3 Å². The highest BCUT2D eigenvalue weighted by molar-refractivity contribution is 7.93. The molecule has 0 aliphatic heterocycles. The highest BCUT2D eigenvalue weighted by atomic mass is 35.5. The monoisotopic (exact) mass is 548 g/mol. The number of hydrogen-bond donors (Lipinski definition) is 2. The fourth-order valence-corrected chi connectivity index (χ4v) is 9.01. The Balaban J connectivity index is 1.87. The summed E-state index contributed by atoms with van der Waals surface area (Å²) in [6.07, 6.45) is 2.97. The summed E-state index contributed by atoms with van der Waals surface area (Å²) in [5.74, 6) is -7.14. The van der Waals surface area contributed by atoms with Crippen molar-refractivity contribution in [1.29, 1.82) is 0 Å². The van der Waals surface area contributed by atoms with Crippen LogP contribution in [-0.2, 0) is 19.4 Å². The molecule has 2 aliphatic rings. The van der Waals surface area contributed by atoms with Crippen LogP contribution in [0.2, 0.25) is 0 Å². The molecule has 3 N–H and O–H groups in total. The van der Waals surface area contributed by atoms with Crippen molar-refractivity contribution in [2.24, 2.45) is 29.4 Å². The number of halogens is 4. The van der Waals surface area contributed by atoms with Crippen LogP contribution < -0.4 is 11.1 Å². The van der Waals surface area contributed by atoms with Gasteiger partial charge in [-0.2, -0.15) is 0 Å². The minimum atomic E-state index is -3.96. The first kappa shape index (κ1) is 28.0. The van der Waals surface area contributed by atoms with Gasteiger partial charge in [-0.05, 0) is 36.7 Å². The van der Waals surface area contributed by atoms with Crippen LogP contribution in [0.1, 0.15) is 33.6 Å². The Morgan fingerprint density at radius 1 is 1.17 bits per heavy atom. The predicted molar refractivity (Wildman–Crippen MR) is 129 cm³/mol. The van der Waals surface area contributed by atoms with Crippen LogP contribution in [0, 0.1) is 41.1 Å². The van der Waals surface area contributed by atoms with Gasteiger partial charge in [0.25, 0.3) is 5.91 Å². The fraction of sp³-hybridized carbons (Fsp3) is 0.500. The highest BCUT2D eigenvalue weighted by Crippen LogP contribution is 2.45. The van der Waals surface area contributed by atoms with Gasteiger partial charge < -0.3 is 15.8 Å². The zero-order chi connectivity index (χ0) is 26.9. The van der Waals surface area contributed by atoms with E-state index in [4.69, 9.17) is 22.1 Å². The Morgan fingerprint density at radius 2 is 1.78 bits per heavy atom. The van der Waals surface area contributed by atoms with Crippen LogP contribution >= 0.6 is 11.6 Å². The van der Waals surface area contributed by atoms with E-state index >= 15 is 0 Å². The van der Waals surface area contributed by atoms with Crippen molar-refractivity contribution in [1.82, 2.24) is 0 Å². The molecule has 3 rings (SSSR count). The second-order valence-electron chi connectivity index (χ2n) is 9.47. The number of carbonyl (C=O) groups is 2. The minimum absolute atomic E-state index is 0.0269. The van der Waals surface area contributed by atoms with Gasteiger partial charge in [-0.1, -0.05) is 38.4 Å². The first-order valence-electron chi connectivity index (χ1n) is 11.4. The largest absolute Gasteiger partial charge is 0.449 e. The SMILES string of the molecule is CC1C(C(=O)Nc2cc(F)c(F)c(F)c2)=CC=C(Cl)C1S(=O)(=O)[C@@H]1C(C)CCC1[C@H](C)COC(N)=O. The molecule has 2 aliphatic carbocycles. The number of primary amides is 1. The van der Waals surface area contributed by atoms with Crippen LogP contribution in [0.15, 0.2) is 34.9 Å². The van der Waals surface area contributed by atoms with Gasteiger partial charge in [-0.25, -0.2) is 26.4 Å². The molecular formula is C24H28ClF3N2O5S. The molecule has 0 radical (unpaired) electrons. The Bertz CT molecular complexity index is 1200. The van der Waals surface area contributed by atoms with Crippen LogP contribution in [-0.4, -0.2) is 37.5 Å². The van der Waals surface area contributed by atoms with Gasteiger partial charge in [0.2, 0.25) is 0 Å². The number of anilines is 1. The van der Waals surface area contributed by atoms with E-state index in [1.54, 1.807) is 6.92 Å². The molecule has 1 aromatic rings. The smallest absolute Gasteiger partial charge is 0.404 e. The molecule has 2 amide bonds. The molecule has 1 aromatic carbocycles. The van der Waals surface area contributed by atoms with Crippen molar-refractivity contribution < 1.29 is 35.9 Å². The van der Waals surface area contributed by atoms with E-state index in [0.717, 1.165) is 0 Å². The molecule has 1 saturated carbocycles. The molecular weight excluding hydrogens is 521 g/mol. The zero-order valence-corrected chi connectivity index (χ0v) is 21.5. The average Bonchev–Trinajstić information content (AvgIpc) is 3.18. The molecule has 12 heteroatoms. The quantitative estimate of drug-likeness (QED) is 0.480. The number of carbonyl (C=O) groups excluding carboxylic acids is 2. The Labute approximate surface area is 212 Å². The van der Waals surface area contributed by atoms with Crippen molar-refractivity contribution in [3.8, 4) is 0 Å². The van der Waals surface area contributed by atoms with Gasteiger partial charge in [0.15, 0.2) is 27.3 Å². The third-order valence-corrected chi connectivity index (χ3v) is 10.5. The lowest BCUT2D eigenvalue weighted by Crippen LogP contribution is -2.45. The van der Waals surface area contributed by atoms with Crippen LogP contribution in [0.4, 0.5) is 23.7 Å². The number of rotatable bonds is 7. The number of ether oxygens (including phenoxy) is 1. The normalized spacial score (nSPS) is 27.1. The maximum absolute atomic E-state index is 14.0. The summed E-state index contributed by atoms with van der Waals surface area (Å²) in [6.45, 7) is 5.12. The number of hydrogen-bond acceptors (Lipinski definition) is 5. The van der Waals surface area contributed by atoms with E-state index in [2.05, 4.69) is 5.32 Å². The molecule has 0 bridgehead atoms. The van der Waals surface area contributed by atoms with E-state index in [1.807, 2.05) is 6.92 Å². The molecule has 1 fully saturated rings. The lowest BCUT2D eigenvalue weighted by Gasteiger charge is -2.35. The molecule has 4 unspecified atom stereocenters. The van der Waals surface area contributed by atoms with Gasteiger partial charge in [0.1, 0.15) is 5.25 Å². The van der Waals surface area contributed by atoms with Crippen molar-refractivity contribution >= 4 is 39.1 Å². The van der Waals surface area contributed by atoms with E-state index in [-0.39, 0.29) is 40.7 Å². The highest BCUT2D eigenvalue weighted by Gasteiger charge is 2.51. The fourth-order valence-electron chi connectivity index (χ4n) is 5.26. The predicted octanol–water partition coefficient (Wildman–Crippen LogP) is 4.67. The summed E-state index contributed by atoms with van der Waals surface area (Å²) in [6, 6.07) is 1.25. The van der Waals surface area contributed by atoms with Crippen LogP contribution in [0.5, 0.6) is 0 Å². The number of allylic oxidation sites excluding steroid dienone is 2. The lowest BCUT2D eigenvalue weighted by molar-refractivity contribution is -0.113. The van der Waals surface area contributed by atoms with E-state index in [1.165, 1.54) is 19.1 Å². The summed E-state index contributed by atoms with van der Waals surface area (Å²) in [7, 11) is -3.96. The first-order valence-corrected chi connectivity index (χ1v) is 13.4. The summed E-state index contributed by atoms with van der Waals surface area (Å²) in [5.41, 5.74) is 4.77. The Morgan fingerprint density at radius 3 is 2.36 bits per heavy atom. The van der Waals surface area contributed by atoms with Crippen molar-refractivity contribution in [2.45, 2.75) is 44.1 Å². The summed E-state index contributed by atoms with van der Waals surface area (Å²) in [5, 5.41) is 0.291. The maximum atomic E-state index is 14.0. The van der Waals surface area contributed by atoms with Gasteiger partial charge in [-0.3, -0.25) is 4.79 Å². The third-order valence-electron chi connectivity index (χ3n) is 7.03. The third kappa shape index (κ3) is 5.56. The molecule has 6 atom stereocenters. The number of nitrogens with one attached hydrogen (secondary N) is 1. The summed E-state index contributed by atoms with van der Waals surface area (Å²) < 4.78 is 73.2. The molecule has 7 nitrogen and oxygen atoms in total. The Hall–Kier alpha value is -2.53. The Kier molecular flexibility index (Phi) is 8.44. The van der Waals surface area contributed by atoms with E-state index in [9.17, 15) is 31.2 Å². The van der Waals surface area contributed by atoms with Crippen molar-refractivity contribution in [2.75, 3.05) is 11.9 Å². The topological polar surface area (TPSA) is 116 Å². The molecule has 0 aromatic heterocycles. The van der Waals surface area contributed by atoms with E-state index in [0.29, 0.717) is 25.0 Å². The number of nitrogens with two attached hydrogens (primary N) is 1. The second kappa shape index (κ2) is 10.8. The van der Waals surface area contributed by atoms with Gasteiger partial charge >= 0.3 is 6.09 Å². The number of sulfone groups is 1. The van der Waals surface area contributed by atoms with Crippen LogP contribution in [0.3, 0.4) is 0 Å². The summed E-state index contributed by atoms with van der Waals surface area (Å²) in [4.78, 5) is 24.0. The molecule has 198 valence electrons. The van der Waals surface area contributed by atoms with Crippen LogP contribution in [0.25, 0.3) is 0 Å². The van der Waals surface area contributed by atoms with Gasteiger partial charge in [0, 0.05) is 34.3 Å². The number of benzene rings is 1. The summed E-state index contributed by atoms with van der Waals surface area (Å²) >= 11 is 6.39. The second-order valence-corrected chi connectivity index (χ2v) is 12.1. The van der Waals surface area contributed by atoms with E-state index < -0.39 is 55.7 Å². The zero-order valence-electron chi connectivity index (χ0n) is 19.9. The van der Waals surface area contributed by atoms with Gasteiger partial charge in [0.05, 0.1) is 11.9 Å². The van der Waals surface area contributed by atoms with Crippen molar-refractivity contribution in [3.63, 3.8) is 0 Å². The minimum Gasteiger partial charge on any atom is -0.449 e. The number of amides is 2. The first-order chi connectivity index (χ1) is 16.7. The standard InChI is InChI=1S/C24H28ClF3N2O5S/c1-11-4-5-15(12(2)10-35-24(29)32)21(11)36(33,34)22-13(3)16(6-7-17(22)25)23(31)30-14-8-18(26)20(28)19(27)9-14/h6-9,11-13,15,21-22H,4-5,10H2,1-3H3,(H2,29,32)(H,30,31)/t11?,12-,13?,15?,21-,22?/m1/s1. The van der Waals surface area contributed by atoms with Gasteiger partial charge in [-0.15, -0.1) is 0 Å². The molecule has 0 spiro atoms.